The number of carbonyl (C=O) groups excluding carboxylic acids is 1. The zero-order valence-electron chi connectivity index (χ0n) is 15.4. The molecule has 0 N–H and O–H groups in total. The van der Waals surface area contributed by atoms with E-state index in [0.29, 0.717) is 5.41 Å². The molecule has 0 aromatic carbocycles. The average molecular weight is 322 g/mol. The van der Waals surface area contributed by atoms with Crippen LogP contribution in [0.2, 0.25) is 0 Å². The van der Waals surface area contributed by atoms with Gasteiger partial charge in [0.2, 0.25) is 5.91 Å². The molecule has 0 bridgehead atoms. The average Bonchev–Trinajstić information content (AvgIpc) is 2.47. The van der Waals surface area contributed by atoms with Gasteiger partial charge < -0.3 is 14.7 Å². The Labute approximate surface area is 142 Å². The molecule has 1 aliphatic carbocycles. The van der Waals surface area contributed by atoms with Crippen LogP contribution in [-0.4, -0.2) is 73.0 Å². The van der Waals surface area contributed by atoms with E-state index in [0.717, 1.165) is 24.9 Å². The van der Waals surface area contributed by atoms with Gasteiger partial charge in [-0.25, -0.2) is 0 Å². The summed E-state index contributed by atoms with van der Waals surface area (Å²) in [5.41, 5.74) is 0.593. The minimum atomic E-state index is 0.259. The summed E-state index contributed by atoms with van der Waals surface area (Å²) >= 11 is 0. The highest BCUT2D eigenvalue weighted by atomic mass is 16.2. The predicted molar refractivity (Wildman–Crippen MR) is 94.4 cm³/mol. The molecule has 23 heavy (non-hydrogen) atoms. The Kier molecular flexibility index (Phi) is 5.32. The highest BCUT2D eigenvalue weighted by Gasteiger charge is 2.46. The molecule has 132 valence electrons. The van der Waals surface area contributed by atoms with Crippen LogP contribution in [0, 0.1) is 17.3 Å². The molecule has 0 radical (unpaired) electrons. The van der Waals surface area contributed by atoms with Crippen molar-refractivity contribution in [1.82, 2.24) is 14.7 Å². The lowest BCUT2D eigenvalue weighted by Gasteiger charge is -2.53. The first-order valence-electron chi connectivity index (χ1n) is 9.66. The molecule has 0 aromatic heterocycles. The van der Waals surface area contributed by atoms with Crippen LogP contribution in [0.3, 0.4) is 0 Å². The first-order chi connectivity index (χ1) is 11.0. The monoisotopic (exact) mass is 321 g/mol. The molecule has 4 heteroatoms. The first kappa shape index (κ1) is 17.2. The SMILES string of the molecule is CC(=O)N1CCC2(CC1)CC(CN1CCN(CC(C)C)CC1)C2. The number of hydrogen-bond acceptors (Lipinski definition) is 3. The van der Waals surface area contributed by atoms with E-state index in [1.165, 1.54) is 65.0 Å². The van der Waals surface area contributed by atoms with Crippen LogP contribution in [0.4, 0.5) is 0 Å². The van der Waals surface area contributed by atoms with E-state index in [-0.39, 0.29) is 5.91 Å². The molecule has 0 atom stereocenters. The third kappa shape index (κ3) is 4.27. The van der Waals surface area contributed by atoms with Crippen molar-refractivity contribution in [3.63, 3.8) is 0 Å². The molecule has 0 unspecified atom stereocenters. The van der Waals surface area contributed by atoms with E-state index >= 15 is 0 Å². The molecule has 4 nitrogen and oxygen atoms in total. The Morgan fingerprint density at radius 2 is 1.57 bits per heavy atom. The maximum atomic E-state index is 11.5. The van der Waals surface area contributed by atoms with Crippen LogP contribution in [0.15, 0.2) is 0 Å². The van der Waals surface area contributed by atoms with Crippen molar-refractivity contribution in [1.29, 1.82) is 0 Å². The predicted octanol–water partition coefficient (Wildman–Crippen LogP) is 2.30. The van der Waals surface area contributed by atoms with Gasteiger partial charge in [0, 0.05) is 59.3 Å². The lowest BCUT2D eigenvalue weighted by Crippen LogP contribution is -2.53. The van der Waals surface area contributed by atoms with Crippen LogP contribution in [0.1, 0.15) is 46.5 Å². The number of piperazine rings is 1. The fourth-order valence-corrected chi connectivity index (χ4v) is 5.03. The quantitative estimate of drug-likeness (QED) is 0.795. The van der Waals surface area contributed by atoms with Crippen LogP contribution in [-0.2, 0) is 4.79 Å². The van der Waals surface area contributed by atoms with E-state index in [9.17, 15) is 4.79 Å². The summed E-state index contributed by atoms with van der Waals surface area (Å²) in [6.07, 6.45) is 5.30. The van der Waals surface area contributed by atoms with Crippen molar-refractivity contribution in [2.75, 3.05) is 52.4 Å². The molecule has 3 fully saturated rings. The topological polar surface area (TPSA) is 26.8 Å². The van der Waals surface area contributed by atoms with Crippen molar-refractivity contribution in [2.24, 2.45) is 17.3 Å². The Balaban J connectivity index is 1.34. The second kappa shape index (κ2) is 7.10. The number of nitrogens with zero attached hydrogens (tertiary/aromatic N) is 3. The molecular weight excluding hydrogens is 286 g/mol. The molecule has 0 aromatic rings. The molecular formula is C19H35N3O. The maximum Gasteiger partial charge on any atom is 0.219 e. The summed E-state index contributed by atoms with van der Waals surface area (Å²) in [7, 11) is 0. The second-order valence-electron chi connectivity index (χ2n) is 8.78. The van der Waals surface area contributed by atoms with Gasteiger partial charge in [-0.05, 0) is 42.9 Å². The minimum Gasteiger partial charge on any atom is -0.343 e. The highest BCUT2D eigenvalue weighted by Crippen LogP contribution is 2.52. The van der Waals surface area contributed by atoms with Crippen LogP contribution >= 0.6 is 0 Å². The summed E-state index contributed by atoms with van der Waals surface area (Å²) in [5, 5.41) is 0. The van der Waals surface area contributed by atoms with Gasteiger partial charge in [0.15, 0.2) is 0 Å². The molecule has 2 heterocycles. The van der Waals surface area contributed by atoms with Gasteiger partial charge in [-0.1, -0.05) is 13.8 Å². The summed E-state index contributed by atoms with van der Waals surface area (Å²) in [6, 6.07) is 0. The maximum absolute atomic E-state index is 11.5. The zero-order chi connectivity index (χ0) is 16.4. The molecule has 3 rings (SSSR count). The standard InChI is InChI=1S/C19H35N3O/c1-16(2)14-20-8-10-21(11-9-20)15-18-12-19(13-18)4-6-22(7-5-19)17(3)23/h16,18H,4-15H2,1-3H3. The van der Waals surface area contributed by atoms with Crippen molar-refractivity contribution < 1.29 is 4.79 Å². The van der Waals surface area contributed by atoms with Gasteiger partial charge in [-0.3, -0.25) is 4.79 Å². The molecule has 3 aliphatic rings. The number of rotatable bonds is 4. The Morgan fingerprint density at radius 1 is 1.00 bits per heavy atom. The first-order valence-corrected chi connectivity index (χ1v) is 9.66. The van der Waals surface area contributed by atoms with E-state index in [4.69, 9.17) is 0 Å². The van der Waals surface area contributed by atoms with Gasteiger partial charge in [0.1, 0.15) is 0 Å². The lowest BCUT2D eigenvalue weighted by molar-refractivity contribution is -0.133. The van der Waals surface area contributed by atoms with E-state index in [2.05, 4.69) is 23.6 Å². The third-order valence-electron chi connectivity index (χ3n) is 6.32. The number of piperidine rings is 1. The summed E-state index contributed by atoms with van der Waals surface area (Å²) in [4.78, 5) is 18.8. The van der Waals surface area contributed by atoms with Crippen LogP contribution < -0.4 is 0 Å². The van der Waals surface area contributed by atoms with Crippen molar-refractivity contribution in [2.45, 2.75) is 46.5 Å². The van der Waals surface area contributed by atoms with E-state index in [1.54, 1.807) is 6.92 Å². The molecule has 1 saturated carbocycles. The van der Waals surface area contributed by atoms with Gasteiger partial charge in [-0.15, -0.1) is 0 Å². The van der Waals surface area contributed by atoms with Gasteiger partial charge in [0.05, 0.1) is 0 Å². The summed E-state index contributed by atoms with van der Waals surface area (Å²) < 4.78 is 0. The van der Waals surface area contributed by atoms with Gasteiger partial charge in [-0.2, -0.15) is 0 Å². The second-order valence-corrected chi connectivity index (χ2v) is 8.78. The highest BCUT2D eigenvalue weighted by molar-refractivity contribution is 5.73. The van der Waals surface area contributed by atoms with Crippen LogP contribution in [0.25, 0.3) is 0 Å². The lowest BCUT2D eigenvalue weighted by atomic mass is 9.57. The van der Waals surface area contributed by atoms with Gasteiger partial charge >= 0.3 is 0 Å². The number of amides is 1. The molecule has 2 aliphatic heterocycles. The fourth-order valence-electron chi connectivity index (χ4n) is 5.03. The Morgan fingerprint density at radius 3 is 2.09 bits per heavy atom. The van der Waals surface area contributed by atoms with E-state index in [1.807, 2.05) is 4.90 Å². The summed E-state index contributed by atoms with van der Waals surface area (Å²) in [5.74, 6) is 1.96. The third-order valence-corrected chi connectivity index (χ3v) is 6.32. The minimum absolute atomic E-state index is 0.259. The number of hydrogen-bond donors (Lipinski definition) is 0. The molecule has 2 saturated heterocycles. The molecule has 1 spiro atoms. The van der Waals surface area contributed by atoms with Crippen molar-refractivity contribution in [3.8, 4) is 0 Å². The van der Waals surface area contributed by atoms with Crippen molar-refractivity contribution >= 4 is 5.91 Å². The number of carbonyl (C=O) groups is 1. The smallest absolute Gasteiger partial charge is 0.219 e. The molecule has 1 amide bonds. The van der Waals surface area contributed by atoms with E-state index < -0.39 is 0 Å². The fraction of sp³-hybridized carbons (Fsp3) is 0.947. The Bertz CT molecular complexity index is 399. The zero-order valence-corrected chi connectivity index (χ0v) is 15.4. The normalized spacial score (nSPS) is 26.7. The largest absolute Gasteiger partial charge is 0.343 e. The number of likely N-dealkylation sites (tertiary alicyclic amines) is 1. The summed E-state index contributed by atoms with van der Waals surface area (Å²) in [6.45, 7) is 15.9. The van der Waals surface area contributed by atoms with Crippen molar-refractivity contribution in [3.05, 3.63) is 0 Å². The van der Waals surface area contributed by atoms with Gasteiger partial charge in [0.25, 0.3) is 0 Å². The van der Waals surface area contributed by atoms with Crippen LogP contribution in [0.5, 0.6) is 0 Å². The Hall–Kier alpha value is -0.610.